The first kappa shape index (κ1) is 30.3. The highest BCUT2D eigenvalue weighted by atomic mass is 32.1. The molecule has 2 heterocycles. The number of Topliss-reactive ketones (excluding diaryl/α,β-unsaturated/α-hetero) is 1. The number of hydrogen-bond donors (Lipinski definition) is 4. The topological polar surface area (TPSA) is 160 Å². The number of esters is 2. The van der Waals surface area contributed by atoms with Crippen LogP contribution in [0.2, 0.25) is 0 Å². The lowest BCUT2D eigenvalue weighted by molar-refractivity contribution is -0.344. The van der Waals surface area contributed by atoms with Crippen LogP contribution in [0.5, 0.6) is 0 Å². The van der Waals surface area contributed by atoms with Crippen molar-refractivity contribution in [2.45, 2.75) is 102 Å². The summed E-state index contributed by atoms with van der Waals surface area (Å²) in [6, 6.07) is 3.43. The van der Waals surface area contributed by atoms with E-state index >= 15 is 0 Å². The quantitative estimate of drug-likeness (QED) is 0.294. The fourth-order valence-electron chi connectivity index (χ4n) is 7.61. The van der Waals surface area contributed by atoms with Gasteiger partial charge in [0.15, 0.2) is 6.10 Å². The molecule has 0 amide bonds. The van der Waals surface area contributed by atoms with E-state index in [1.807, 2.05) is 0 Å². The van der Waals surface area contributed by atoms with Gasteiger partial charge in [-0.05, 0) is 37.8 Å². The van der Waals surface area contributed by atoms with Crippen LogP contribution in [0.4, 0.5) is 0 Å². The monoisotopic (exact) mass is 590 g/mol. The van der Waals surface area contributed by atoms with Crippen molar-refractivity contribution in [2.24, 2.45) is 16.7 Å². The summed E-state index contributed by atoms with van der Waals surface area (Å²) >= 11 is 1.28. The zero-order valence-corrected chi connectivity index (χ0v) is 24.6. The molecule has 1 saturated heterocycles. The predicted octanol–water partition coefficient (Wildman–Crippen LogP) is 1.71. The normalized spacial score (nSPS) is 41.1. The number of ether oxygens (including phenoxy) is 3. The second kappa shape index (κ2) is 9.96. The molecular weight excluding hydrogens is 552 g/mol. The Balaban J connectivity index is 1.61. The molecule has 1 aromatic heterocycles. The molecule has 1 unspecified atom stereocenters. The molecule has 4 N–H and O–H groups in total. The van der Waals surface area contributed by atoms with Crippen molar-refractivity contribution in [2.75, 3.05) is 6.61 Å². The molecule has 3 fully saturated rings. The molecule has 4 aliphatic rings. The van der Waals surface area contributed by atoms with Crippen molar-refractivity contribution < 1.29 is 49.0 Å². The van der Waals surface area contributed by atoms with Crippen LogP contribution in [0, 0.1) is 23.7 Å². The molecule has 41 heavy (non-hydrogen) atoms. The molecule has 10 nitrogen and oxygen atoms in total. The second-order valence-corrected chi connectivity index (χ2v) is 13.7. The van der Waals surface area contributed by atoms with Gasteiger partial charge in [-0.1, -0.05) is 25.5 Å². The number of thiophene rings is 1. The minimum Gasteiger partial charge on any atom is -0.459 e. The van der Waals surface area contributed by atoms with E-state index in [1.54, 1.807) is 45.2 Å². The summed E-state index contributed by atoms with van der Waals surface area (Å²) in [5.74, 6) is -4.43. The van der Waals surface area contributed by atoms with Gasteiger partial charge in [0, 0.05) is 48.3 Å². The van der Waals surface area contributed by atoms with Crippen molar-refractivity contribution in [1.82, 2.24) is 0 Å². The summed E-state index contributed by atoms with van der Waals surface area (Å²) in [6.07, 6.45) is -6.82. The number of carbonyl (C=O) groups is 3. The third kappa shape index (κ3) is 4.26. The Morgan fingerprint density at radius 3 is 2.46 bits per heavy atom. The van der Waals surface area contributed by atoms with Gasteiger partial charge in [-0.15, -0.1) is 11.3 Å². The van der Waals surface area contributed by atoms with Gasteiger partial charge in [0.25, 0.3) is 0 Å². The van der Waals surface area contributed by atoms with E-state index in [4.69, 9.17) is 21.1 Å². The number of aliphatic hydroxyl groups excluding tert-OH is 2. The van der Waals surface area contributed by atoms with Crippen LogP contribution in [0.3, 0.4) is 0 Å². The minimum absolute atomic E-state index is 0.00447. The summed E-state index contributed by atoms with van der Waals surface area (Å²) in [5, 5.41) is 48.3. The van der Waals surface area contributed by atoms with Gasteiger partial charge in [0.05, 0.1) is 24.2 Å². The van der Waals surface area contributed by atoms with Gasteiger partial charge in [0.1, 0.15) is 29.2 Å². The molecule has 5 rings (SSSR count). The molecule has 1 aromatic rings. The van der Waals surface area contributed by atoms with E-state index in [2.05, 4.69) is 0 Å². The van der Waals surface area contributed by atoms with Gasteiger partial charge >= 0.3 is 11.9 Å². The molecule has 10 atom stereocenters. The van der Waals surface area contributed by atoms with E-state index in [9.17, 15) is 34.8 Å². The maximum Gasteiger partial charge on any atom is 0.336 e. The highest BCUT2D eigenvalue weighted by Crippen LogP contribution is 2.63. The van der Waals surface area contributed by atoms with Gasteiger partial charge in [0.2, 0.25) is 0 Å². The summed E-state index contributed by atoms with van der Waals surface area (Å²) in [5.41, 5.74) is -5.44. The van der Waals surface area contributed by atoms with Crippen LogP contribution in [0.1, 0.15) is 64.7 Å². The van der Waals surface area contributed by atoms with Gasteiger partial charge < -0.3 is 34.6 Å². The molecule has 0 aromatic carbocycles. The molecule has 1 aliphatic heterocycles. The molecular formula is C30H38O10S. The maximum atomic E-state index is 14.1. The fraction of sp³-hybridized carbons (Fsp3) is 0.667. The van der Waals surface area contributed by atoms with Crippen molar-refractivity contribution in [3.63, 3.8) is 0 Å². The summed E-state index contributed by atoms with van der Waals surface area (Å²) < 4.78 is 17.1. The van der Waals surface area contributed by atoms with Crippen molar-refractivity contribution >= 4 is 29.1 Å². The van der Waals surface area contributed by atoms with E-state index < -0.39 is 82.1 Å². The third-order valence-corrected chi connectivity index (χ3v) is 11.4. The largest absolute Gasteiger partial charge is 0.459 e. The maximum absolute atomic E-state index is 14.1. The average Bonchev–Trinajstić information content (AvgIpc) is 3.44. The number of aliphatic hydroxyl groups is 4. The SMILES string of the molecule is [CH][C@@H](c1cccs1)[C@@H](O)C(=O)OC1C[C@@]2(O)[C@@H](OC(C)=O)[C@@H]3[C@]4(O)CO[C@@H]4C[C@H](O)[C@@]3(C)C(=O)CC(=C1C)C2(C)C. The van der Waals surface area contributed by atoms with Crippen LogP contribution in [0.25, 0.3) is 0 Å². The zero-order chi connectivity index (χ0) is 30.3. The van der Waals surface area contributed by atoms with Gasteiger partial charge in [-0.25, -0.2) is 4.79 Å². The summed E-state index contributed by atoms with van der Waals surface area (Å²) in [7, 11) is 0. The Morgan fingerprint density at radius 1 is 1.22 bits per heavy atom. The van der Waals surface area contributed by atoms with Gasteiger partial charge in [-0.2, -0.15) is 0 Å². The van der Waals surface area contributed by atoms with Crippen LogP contribution in [0.15, 0.2) is 28.7 Å². The molecule has 2 radical (unpaired) electrons. The Kier molecular flexibility index (Phi) is 7.36. The highest BCUT2D eigenvalue weighted by molar-refractivity contribution is 7.10. The van der Waals surface area contributed by atoms with Crippen molar-refractivity contribution in [3.8, 4) is 0 Å². The predicted molar refractivity (Wildman–Crippen MR) is 145 cm³/mol. The van der Waals surface area contributed by atoms with E-state index in [0.717, 1.165) is 6.92 Å². The van der Waals surface area contributed by atoms with Crippen LogP contribution in [-0.2, 0) is 28.6 Å². The summed E-state index contributed by atoms with van der Waals surface area (Å²) in [6.45, 7) is 13.8. The number of ketones is 1. The number of carbonyl (C=O) groups excluding carboxylic acids is 3. The fourth-order valence-corrected chi connectivity index (χ4v) is 8.37. The van der Waals surface area contributed by atoms with Gasteiger partial charge in [-0.3, -0.25) is 9.59 Å². The van der Waals surface area contributed by atoms with Crippen LogP contribution in [-0.4, -0.2) is 86.5 Å². The smallest absolute Gasteiger partial charge is 0.336 e. The molecule has 11 heteroatoms. The Hall–Kier alpha value is -2.15. The lowest BCUT2D eigenvalue weighted by atomic mass is 9.45. The van der Waals surface area contributed by atoms with Crippen molar-refractivity contribution in [3.05, 3.63) is 40.5 Å². The van der Waals surface area contributed by atoms with Crippen LogP contribution >= 0.6 is 11.3 Å². The first-order valence-corrected chi connectivity index (χ1v) is 14.7. The molecule has 2 saturated carbocycles. The number of hydrogen-bond acceptors (Lipinski definition) is 11. The zero-order valence-electron chi connectivity index (χ0n) is 23.8. The average molecular weight is 591 g/mol. The van der Waals surface area contributed by atoms with Crippen LogP contribution < -0.4 is 0 Å². The van der Waals surface area contributed by atoms with E-state index in [1.165, 1.54) is 11.3 Å². The molecule has 2 bridgehead atoms. The van der Waals surface area contributed by atoms with E-state index in [0.29, 0.717) is 16.0 Å². The highest BCUT2D eigenvalue weighted by Gasteiger charge is 2.75. The summed E-state index contributed by atoms with van der Waals surface area (Å²) in [4.78, 5) is 40.4. The second-order valence-electron chi connectivity index (χ2n) is 12.8. The lowest BCUT2D eigenvalue weighted by Crippen LogP contribution is -2.80. The van der Waals surface area contributed by atoms with E-state index in [-0.39, 0.29) is 25.9 Å². The Bertz CT molecular complexity index is 1270. The van der Waals surface area contributed by atoms with Crippen molar-refractivity contribution in [1.29, 1.82) is 0 Å². The molecule has 0 spiro atoms. The molecule has 224 valence electrons. The Morgan fingerprint density at radius 2 is 1.90 bits per heavy atom. The number of fused-ring (bicyclic) bond motifs is 5. The first-order chi connectivity index (χ1) is 19.0. The first-order valence-electron chi connectivity index (χ1n) is 13.8. The molecule has 3 aliphatic carbocycles. The standard InChI is InChI=1S/C30H38O10S/c1-14-17-10-20(32)28(6)21(33)11-22-29(36,13-38-22)24(28)25(39-16(3)31)30(37,27(17,4)5)12-18(14)40-26(35)23(34)15(2)19-8-7-9-41-19/h2,7-9,15,18,21-25,33-34,36-37H,10-13H2,1,3-6H3/t15-,18?,21-,22+,23+,24-,25-,28+,29-,30+/m0/s1. The Labute approximate surface area is 243 Å². The lowest BCUT2D eigenvalue weighted by Gasteiger charge is -2.66. The third-order valence-electron chi connectivity index (χ3n) is 10.4. The number of rotatable bonds is 5. The minimum atomic E-state index is -1.97.